The van der Waals surface area contributed by atoms with E-state index in [1.165, 1.54) is 0 Å². The lowest BCUT2D eigenvalue weighted by Crippen LogP contribution is -2.40. The van der Waals surface area contributed by atoms with Gasteiger partial charge in [-0.15, -0.1) is 0 Å². The third kappa shape index (κ3) is 3.01. The number of pyridine rings is 1. The number of benzene rings is 1. The van der Waals surface area contributed by atoms with Gasteiger partial charge in [-0.1, -0.05) is 11.6 Å². The van der Waals surface area contributed by atoms with Crippen LogP contribution in [0.5, 0.6) is 0 Å². The van der Waals surface area contributed by atoms with E-state index in [0.29, 0.717) is 11.1 Å². The Morgan fingerprint density at radius 3 is 3.10 bits per heavy atom. The van der Waals surface area contributed by atoms with Crippen LogP contribution in [0, 0.1) is 5.92 Å². The van der Waals surface area contributed by atoms with Crippen molar-refractivity contribution in [3.05, 3.63) is 35.5 Å². The molecule has 2 heterocycles. The van der Waals surface area contributed by atoms with E-state index in [2.05, 4.69) is 22.5 Å². The fourth-order valence-electron chi connectivity index (χ4n) is 2.85. The van der Waals surface area contributed by atoms with Crippen molar-refractivity contribution in [3.63, 3.8) is 0 Å². The van der Waals surface area contributed by atoms with Gasteiger partial charge in [0.05, 0.1) is 16.2 Å². The van der Waals surface area contributed by atoms with Gasteiger partial charge in [-0.2, -0.15) is 0 Å². The highest BCUT2D eigenvalue weighted by atomic mass is 35.5. The van der Waals surface area contributed by atoms with Gasteiger partial charge in [-0.3, -0.25) is 9.78 Å². The number of anilines is 1. The number of piperidine rings is 1. The van der Waals surface area contributed by atoms with Gasteiger partial charge in [0, 0.05) is 23.5 Å². The summed E-state index contributed by atoms with van der Waals surface area (Å²) in [5, 5.41) is 7.87. The highest BCUT2D eigenvalue weighted by molar-refractivity contribution is 6.35. The Labute approximate surface area is 128 Å². The Balaban J connectivity index is 1.85. The quantitative estimate of drug-likeness (QED) is 0.895. The van der Waals surface area contributed by atoms with Crippen LogP contribution in [-0.4, -0.2) is 23.5 Å². The first-order valence-corrected chi connectivity index (χ1v) is 7.60. The number of aromatic nitrogens is 1. The maximum Gasteiger partial charge on any atom is 0.227 e. The molecule has 0 aliphatic carbocycles. The number of rotatable bonds is 2. The zero-order valence-corrected chi connectivity index (χ0v) is 12.7. The van der Waals surface area contributed by atoms with Crippen molar-refractivity contribution in [2.75, 3.05) is 11.9 Å². The van der Waals surface area contributed by atoms with E-state index in [4.69, 9.17) is 11.6 Å². The monoisotopic (exact) mass is 303 g/mol. The summed E-state index contributed by atoms with van der Waals surface area (Å²) in [4.78, 5) is 16.7. The number of nitrogens with one attached hydrogen (secondary N) is 2. The van der Waals surface area contributed by atoms with Crippen molar-refractivity contribution in [2.24, 2.45) is 5.92 Å². The minimum Gasteiger partial charge on any atom is -0.325 e. The normalized spacial score (nSPS) is 22.2. The average molecular weight is 304 g/mol. The lowest BCUT2D eigenvalue weighted by molar-refractivity contribution is -0.120. The van der Waals surface area contributed by atoms with Crippen LogP contribution in [0.4, 0.5) is 5.69 Å². The second kappa shape index (κ2) is 6.00. The first-order valence-electron chi connectivity index (χ1n) is 7.22. The Morgan fingerprint density at radius 2 is 2.29 bits per heavy atom. The van der Waals surface area contributed by atoms with Crippen LogP contribution in [-0.2, 0) is 4.79 Å². The summed E-state index contributed by atoms with van der Waals surface area (Å²) in [5.74, 6) is 0.138. The molecule has 0 saturated carbocycles. The Kier molecular flexibility index (Phi) is 4.08. The van der Waals surface area contributed by atoms with Crippen molar-refractivity contribution in [2.45, 2.75) is 25.8 Å². The number of carbonyl (C=O) groups is 1. The number of nitrogens with zero attached hydrogens (tertiary/aromatic N) is 1. The molecule has 1 aromatic heterocycles. The summed E-state index contributed by atoms with van der Waals surface area (Å²) < 4.78 is 0. The second-order valence-electron chi connectivity index (χ2n) is 5.56. The number of carbonyl (C=O) groups excluding carboxylic acids is 1. The molecule has 1 saturated heterocycles. The molecule has 2 N–H and O–H groups in total. The molecule has 0 bridgehead atoms. The van der Waals surface area contributed by atoms with Crippen LogP contribution in [0.15, 0.2) is 30.5 Å². The minimum absolute atomic E-state index is 0.0589. The Morgan fingerprint density at radius 1 is 1.43 bits per heavy atom. The molecule has 3 rings (SSSR count). The van der Waals surface area contributed by atoms with E-state index in [9.17, 15) is 4.79 Å². The minimum atomic E-state index is 0.0589. The van der Waals surface area contributed by atoms with Crippen LogP contribution in [0.25, 0.3) is 10.9 Å². The summed E-state index contributed by atoms with van der Waals surface area (Å²) >= 11 is 6.15. The van der Waals surface area contributed by atoms with Gasteiger partial charge in [0.15, 0.2) is 0 Å². The zero-order chi connectivity index (χ0) is 14.8. The first kappa shape index (κ1) is 14.3. The molecule has 0 radical (unpaired) electrons. The van der Waals surface area contributed by atoms with Crippen molar-refractivity contribution >= 4 is 34.1 Å². The van der Waals surface area contributed by atoms with Crippen molar-refractivity contribution < 1.29 is 4.79 Å². The summed E-state index contributed by atoms with van der Waals surface area (Å²) in [5.41, 5.74) is 1.49. The van der Waals surface area contributed by atoms with Gasteiger partial charge in [-0.05, 0) is 50.6 Å². The maximum absolute atomic E-state index is 12.4. The third-order valence-electron chi connectivity index (χ3n) is 3.97. The highest BCUT2D eigenvalue weighted by Gasteiger charge is 2.25. The van der Waals surface area contributed by atoms with Crippen LogP contribution < -0.4 is 10.6 Å². The number of hydrogen-bond acceptors (Lipinski definition) is 3. The van der Waals surface area contributed by atoms with Gasteiger partial charge < -0.3 is 10.6 Å². The molecule has 1 fully saturated rings. The predicted molar refractivity (Wildman–Crippen MR) is 85.6 cm³/mol. The molecular weight excluding hydrogens is 286 g/mol. The molecule has 1 aliphatic rings. The molecule has 2 atom stereocenters. The number of hydrogen-bond donors (Lipinski definition) is 2. The molecule has 2 unspecified atom stereocenters. The molecule has 0 spiro atoms. The SMILES string of the molecule is CC1CC(C(=O)Nc2ccc(Cl)c3ncccc23)CCN1. The average Bonchev–Trinajstić information content (AvgIpc) is 2.50. The van der Waals surface area contributed by atoms with E-state index in [-0.39, 0.29) is 11.8 Å². The van der Waals surface area contributed by atoms with Gasteiger partial charge in [-0.25, -0.2) is 0 Å². The van der Waals surface area contributed by atoms with Crippen LogP contribution in [0.3, 0.4) is 0 Å². The van der Waals surface area contributed by atoms with Gasteiger partial charge in [0.1, 0.15) is 0 Å². The molecule has 2 aromatic rings. The van der Waals surface area contributed by atoms with E-state index in [0.717, 1.165) is 36.0 Å². The standard InChI is InChI=1S/C16H18ClN3O/c1-10-9-11(6-8-18-10)16(21)20-14-5-4-13(17)15-12(14)3-2-7-19-15/h2-5,7,10-11,18H,6,8-9H2,1H3,(H,20,21). The van der Waals surface area contributed by atoms with Crippen LogP contribution >= 0.6 is 11.6 Å². The summed E-state index contributed by atoms with van der Waals surface area (Å²) in [6.45, 7) is 3.00. The van der Waals surface area contributed by atoms with Crippen molar-refractivity contribution in [3.8, 4) is 0 Å². The topological polar surface area (TPSA) is 54.0 Å². The molecule has 110 valence electrons. The fourth-order valence-corrected chi connectivity index (χ4v) is 3.07. The smallest absolute Gasteiger partial charge is 0.227 e. The highest BCUT2D eigenvalue weighted by Crippen LogP contribution is 2.29. The van der Waals surface area contributed by atoms with Gasteiger partial charge in [0.2, 0.25) is 5.91 Å². The van der Waals surface area contributed by atoms with E-state index in [1.54, 1.807) is 12.3 Å². The Bertz CT molecular complexity index is 674. The maximum atomic E-state index is 12.4. The van der Waals surface area contributed by atoms with Crippen LogP contribution in [0.2, 0.25) is 5.02 Å². The summed E-state index contributed by atoms with van der Waals surface area (Å²) in [6, 6.07) is 7.78. The second-order valence-corrected chi connectivity index (χ2v) is 5.97. The summed E-state index contributed by atoms with van der Waals surface area (Å²) in [6.07, 6.45) is 3.45. The number of halogens is 1. The molecule has 5 heteroatoms. The largest absolute Gasteiger partial charge is 0.325 e. The van der Waals surface area contributed by atoms with Crippen molar-refractivity contribution in [1.82, 2.24) is 10.3 Å². The molecule has 1 amide bonds. The lowest BCUT2D eigenvalue weighted by Gasteiger charge is -2.27. The summed E-state index contributed by atoms with van der Waals surface area (Å²) in [7, 11) is 0. The van der Waals surface area contributed by atoms with Gasteiger partial charge >= 0.3 is 0 Å². The van der Waals surface area contributed by atoms with Crippen molar-refractivity contribution in [1.29, 1.82) is 0 Å². The zero-order valence-electron chi connectivity index (χ0n) is 11.9. The first-order chi connectivity index (χ1) is 10.1. The van der Waals surface area contributed by atoms with E-state index < -0.39 is 0 Å². The molecule has 21 heavy (non-hydrogen) atoms. The molecular formula is C16H18ClN3O. The molecule has 1 aliphatic heterocycles. The Hall–Kier alpha value is -1.65. The third-order valence-corrected chi connectivity index (χ3v) is 4.28. The number of fused-ring (bicyclic) bond motifs is 1. The fraction of sp³-hybridized carbons (Fsp3) is 0.375. The molecule has 1 aromatic carbocycles. The lowest BCUT2D eigenvalue weighted by atomic mass is 9.92. The predicted octanol–water partition coefficient (Wildman–Crippen LogP) is 3.21. The van der Waals surface area contributed by atoms with E-state index in [1.807, 2.05) is 18.2 Å². The van der Waals surface area contributed by atoms with Crippen LogP contribution in [0.1, 0.15) is 19.8 Å². The number of amides is 1. The van der Waals surface area contributed by atoms with Gasteiger partial charge in [0.25, 0.3) is 0 Å². The molecule has 4 nitrogen and oxygen atoms in total. The van der Waals surface area contributed by atoms with E-state index >= 15 is 0 Å².